The molecule has 0 saturated carbocycles. The molecule has 23 heavy (non-hydrogen) atoms. The van der Waals surface area contributed by atoms with Gasteiger partial charge in [0.1, 0.15) is 5.69 Å². The Morgan fingerprint density at radius 3 is 2.70 bits per heavy atom. The summed E-state index contributed by atoms with van der Waals surface area (Å²) in [7, 11) is 3.77. The first-order valence-electron chi connectivity index (χ1n) is 7.40. The van der Waals surface area contributed by atoms with Gasteiger partial charge in [0.2, 0.25) is 5.95 Å². The number of rotatable bonds is 4. The minimum Gasteiger partial charge on any atom is -0.444 e. The number of aromatic nitrogens is 2. The van der Waals surface area contributed by atoms with E-state index < -0.39 is 0 Å². The normalized spacial score (nSPS) is 14.1. The van der Waals surface area contributed by atoms with Crippen molar-refractivity contribution in [2.45, 2.75) is 12.8 Å². The summed E-state index contributed by atoms with van der Waals surface area (Å²) in [6.07, 6.45) is 3.96. The summed E-state index contributed by atoms with van der Waals surface area (Å²) in [6.45, 7) is 1.94. The van der Waals surface area contributed by atoms with Crippen LogP contribution in [0.15, 0.2) is 27.4 Å². The Balaban J connectivity index is 1.84. The van der Waals surface area contributed by atoms with Crippen LogP contribution >= 0.6 is 15.9 Å². The highest BCUT2D eigenvalue weighted by atomic mass is 79.9. The number of furan rings is 1. The number of carbonyl (C=O) groups excluding carboxylic acids is 1. The van der Waals surface area contributed by atoms with Gasteiger partial charge in [-0.15, -0.1) is 0 Å². The van der Waals surface area contributed by atoms with Crippen molar-refractivity contribution in [2.75, 3.05) is 42.3 Å². The number of anilines is 3. The van der Waals surface area contributed by atoms with Gasteiger partial charge in [0, 0.05) is 27.2 Å². The predicted octanol–water partition coefficient (Wildman–Crippen LogP) is 2.75. The number of nitrogens with zero attached hydrogens (tertiary/aromatic N) is 4. The Morgan fingerprint density at radius 1 is 1.35 bits per heavy atom. The topological polar surface area (TPSA) is 74.5 Å². The molecule has 1 amide bonds. The Morgan fingerprint density at radius 2 is 2.09 bits per heavy atom. The van der Waals surface area contributed by atoms with Gasteiger partial charge < -0.3 is 19.5 Å². The highest BCUT2D eigenvalue weighted by Gasteiger charge is 2.19. The third-order valence-corrected chi connectivity index (χ3v) is 4.04. The molecular weight excluding hydrogens is 362 g/mol. The van der Waals surface area contributed by atoms with Crippen LogP contribution < -0.4 is 15.1 Å². The monoisotopic (exact) mass is 379 g/mol. The highest BCUT2D eigenvalue weighted by molar-refractivity contribution is 9.10. The van der Waals surface area contributed by atoms with E-state index in [1.54, 1.807) is 18.3 Å². The Labute approximate surface area is 142 Å². The molecule has 8 heteroatoms. The summed E-state index contributed by atoms with van der Waals surface area (Å²) in [5.74, 6) is 1.26. The van der Waals surface area contributed by atoms with Gasteiger partial charge in [-0.3, -0.25) is 4.79 Å². The molecule has 0 spiro atoms. The van der Waals surface area contributed by atoms with Crippen LogP contribution in [0.3, 0.4) is 0 Å². The lowest BCUT2D eigenvalue weighted by atomic mass is 10.3. The van der Waals surface area contributed by atoms with Crippen molar-refractivity contribution >= 4 is 39.3 Å². The van der Waals surface area contributed by atoms with Gasteiger partial charge in [0.15, 0.2) is 16.2 Å². The second-order valence-corrected chi connectivity index (χ2v) is 6.34. The van der Waals surface area contributed by atoms with Crippen molar-refractivity contribution in [1.82, 2.24) is 9.97 Å². The van der Waals surface area contributed by atoms with Crippen LogP contribution in [0.1, 0.15) is 23.4 Å². The summed E-state index contributed by atoms with van der Waals surface area (Å²) in [4.78, 5) is 25.2. The van der Waals surface area contributed by atoms with Crippen LogP contribution in [0.5, 0.6) is 0 Å². The van der Waals surface area contributed by atoms with Gasteiger partial charge in [-0.2, -0.15) is 4.98 Å². The van der Waals surface area contributed by atoms with Gasteiger partial charge in [0.05, 0.1) is 6.20 Å². The SMILES string of the molecule is CN(C)c1nc(N2CCCC2)ncc1NC(=O)c1ccc(Br)o1. The first-order chi connectivity index (χ1) is 11.0. The van der Waals surface area contributed by atoms with Crippen LogP contribution in [0.4, 0.5) is 17.5 Å². The molecule has 3 heterocycles. The predicted molar refractivity (Wildman–Crippen MR) is 92.2 cm³/mol. The highest BCUT2D eigenvalue weighted by Crippen LogP contribution is 2.26. The van der Waals surface area contributed by atoms with E-state index >= 15 is 0 Å². The van der Waals surface area contributed by atoms with Crippen molar-refractivity contribution < 1.29 is 9.21 Å². The molecule has 1 aliphatic rings. The lowest BCUT2D eigenvalue weighted by Gasteiger charge is -2.20. The number of halogens is 1. The number of hydrogen-bond acceptors (Lipinski definition) is 6. The molecular formula is C15H18BrN5O2. The van der Waals surface area contributed by atoms with Gasteiger partial charge >= 0.3 is 0 Å². The first kappa shape index (κ1) is 15.8. The van der Waals surface area contributed by atoms with Crippen molar-refractivity contribution in [3.63, 3.8) is 0 Å². The van der Waals surface area contributed by atoms with Crippen LogP contribution in [0.2, 0.25) is 0 Å². The van der Waals surface area contributed by atoms with E-state index in [2.05, 4.69) is 36.1 Å². The van der Waals surface area contributed by atoms with Gasteiger partial charge in [-0.05, 0) is 40.9 Å². The zero-order valence-electron chi connectivity index (χ0n) is 13.0. The Kier molecular flexibility index (Phi) is 4.51. The average Bonchev–Trinajstić information content (AvgIpc) is 3.18. The van der Waals surface area contributed by atoms with Crippen molar-refractivity contribution in [2.24, 2.45) is 0 Å². The molecule has 0 aromatic carbocycles. The lowest BCUT2D eigenvalue weighted by molar-refractivity contribution is 0.0995. The molecule has 2 aromatic heterocycles. The zero-order chi connectivity index (χ0) is 16.4. The average molecular weight is 380 g/mol. The van der Waals surface area contributed by atoms with E-state index in [0.29, 0.717) is 22.1 Å². The van der Waals surface area contributed by atoms with E-state index in [1.165, 1.54) is 0 Å². The smallest absolute Gasteiger partial charge is 0.291 e. The standard InChI is InChI=1S/C15H18BrN5O2/c1-20(2)13-10(18-14(22)11-5-6-12(16)23-11)9-17-15(19-13)21-7-3-4-8-21/h5-6,9H,3-4,7-8H2,1-2H3,(H,18,22). The molecule has 0 unspecified atom stereocenters. The minimum atomic E-state index is -0.337. The van der Waals surface area contributed by atoms with Crippen LogP contribution in [-0.2, 0) is 0 Å². The largest absolute Gasteiger partial charge is 0.444 e. The number of carbonyl (C=O) groups is 1. The van der Waals surface area contributed by atoms with Gasteiger partial charge in [-0.25, -0.2) is 4.98 Å². The number of nitrogens with one attached hydrogen (secondary N) is 1. The van der Waals surface area contributed by atoms with Crippen LogP contribution in [0, 0.1) is 0 Å². The molecule has 0 atom stereocenters. The number of amides is 1. The summed E-state index contributed by atoms with van der Waals surface area (Å²) in [5, 5.41) is 2.80. The Hall–Kier alpha value is -2.09. The molecule has 2 aromatic rings. The zero-order valence-corrected chi connectivity index (χ0v) is 14.6. The minimum absolute atomic E-state index is 0.227. The molecule has 122 valence electrons. The molecule has 7 nitrogen and oxygen atoms in total. The fraction of sp³-hybridized carbons (Fsp3) is 0.400. The molecule has 1 N–H and O–H groups in total. The maximum atomic E-state index is 12.2. The maximum absolute atomic E-state index is 12.2. The fourth-order valence-corrected chi connectivity index (χ4v) is 2.79. The van der Waals surface area contributed by atoms with Crippen molar-refractivity contribution in [1.29, 1.82) is 0 Å². The van der Waals surface area contributed by atoms with E-state index in [-0.39, 0.29) is 11.7 Å². The molecule has 0 radical (unpaired) electrons. The Bertz CT molecular complexity index is 710. The summed E-state index contributed by atoms with van der Waals surface area (Å²) in [6, 6.07) is 3.28. The lowest BCUT2D eigenvalue weighted by Crippen LogP contribution is -2.23. The van der Waals surface area contributed by atoms with E-state index in [4.69, 9.17) is 4.42 Å². The van der Waals surface area contributed by atoms with E-state index in [1.807, 2.05) is 19.0 Å². The molecule has 3 rings (SSSR count). The van der Waals surface area contributed by atoms with E-state index in [9.17, 15) is 4.79 Å². The second kappa shape index (κ2) is 6.57. The van der Waals surface area contributed by atoms with Crippen molar-refractivity contribution in [3.05, 3.63) is 28.8 Å². The molecule has 1 saturated heterocycles. The quantitative estimate of drug-likeness (QED) is 0.879. The fourth-order valence-electron chi connectivity index (χ4n) is 2.48. The van der Waals surface area contributed by atoms with Gasteiger partial charge in [0.25, 0.3) is 5.91 Å². The van der Waals surface area contributed by atoms with Gasteiger partial charge in [-0.1, -0.05) is 0 Å². The molecule has 1 fully saturated rings. The third-order valence-electron chi connectivity index (χ3n) is 3.61. The first-order valence-corrected chi connectivity index (χ1v) is 8.20. The van der Waals surface area contributed by atoms with E-state index in [0.717, 1.165) is 25.9 Å². The number of hydrogen-bond donors (Lipinski definition) is 1. The molecule has 0 aliphatic carbocycles. The second-order valence-electron chi connectivity index (χ2n) is 5.55. The molecule has 1 aliphatic heterocycles. The summed E-state index contributed by atoms with van der Waals surface area (Å²) >= 11 is 3.19. The molecule has 0 bridgehead atoms. The van der Waals surface area contributed by atoms with Crippen LogP contribution in [-0.4, -0.2) is 43.1 Å². The summed E-state index contributed by atoms with van der Waals surface area (Å²) in [5.41, 5.74) is 0.551. The third kappa shape index (κ3) is 3.47. The van der Waals surface area contributed by atoms with Crippen molar-refractivity contribution in [3.8, 4) is 0 Å². The summed E-state index contributed by atoms with van der Waals surface area (Å²) < 4.78 is 5.78. The maximum Gasteiger partial charge on any atom is 0.291 e. The van der Waals surface area contributed by atoms with Crippen LogP contribution in [0.25, 0.3) is 0 Å².